The molecule has 0 amide bonds. The molecule has 0 saturated carbocycles. The van der Waals surface area contributed by atoms with E-state index in [0.717, 1.165) is 25.5 Å². The van der Waals surface area contributed by atoms with Crippen molar-refractivity contribution in [3.8, 4) is 0 Å². The lowest BCUT2D eigenvalue weighted by atomic mass is 10.1. The van der Waals surface area contributed by atoms with Crippen LogP contribution in [0.2, 0.25) is 0 Å². The summed E-state index contributed by atoms with van der Waals surface area (Å²) >= 11 is 0. The Kier molecular flexibility index (Phi) is 5.65. The summed E-state index contributed by atoms with van der Waals surface area (Å²) in [7, 11) is 1.79. The van der Waals surface area contributed by atoms with Crippen LogP contribution >= 0.6 is 0 Å². The van der Waals surface area contributed by atoms with E-state index < -0.39 is 0 Å². The molecule has 2 N–H and O–H groups in total. The Morgan fingerprint density at radius 1 is 0.850 bits per heavy atom. The first-order chi connectivity index (χ1) is 9.88. The molecule has 3 heteroatoms. The van der Waals surface area contributed by atoms with E-state index in [0.29, 0.717) is 0 Å². The summed E-state index contributed by atoms with van der Waals surface area (Å²) in [6.07, 6.45) is 0.993. The molecular formula is C17H21N3. The molecule has 0 aliphatic carbocycles. The number of benzene rings is 2. The monoisotopic (exact) mass is 267 g/mol. The van der Waals surface area contributed by atoms with Crippen LogP contribution < -0.4 is 10.6 Å². The fourth-order valence-corrected chi connectivity index (χ4v) is 1.97. The van der Waals surface area contributed by atoms with Crippen LogP contribution in [0, 0.1) is 0 Å². The van der Waals surface area contributed by atoms with Gasteiger partial charge in [-0.15, -0.1) is 0 Å². The maximum Gasteiger partial charge on any atom is 0.191 e. The molecule has 3 nitrogen and oxygen atoms in total. The third-order valence-corrected chi connectivity index (χ3v) is 3.08. The SMILES string of the molecule is CN=C(NCCc1ccccc1)NCc1ccccc1. The Balaban J connectivity index is 1.73. The first kappa shape index (κ1) is 14.1. The quantitative estimate of drug-likeness (QED) is 0.645. The maximum atomic E-state index is 4.23. The van der Waals surface area contributed by atoms with E-state index in [9.17, 15) is 0 Å². The minimum atomic E-state index is 0.784. The largest absolute Gasteiger partial charge is 0.356 e. The van der Waals surface area contributed by atoms with Gasteiger partial charge >= 0.3 is 0 Å². The summed E-state index contributed by atoms with van der Waals surface area (Å²) in [5.41, 5.74) is 2.58. The average molecular weight is 267 g/mol. The Bertz CT molecular complexity index is 520. The molecule has 0 atom stereocenters. The number of aliphatic imine (C=N–C) groups is 1. The van der Waals surface area contributed by atoms with Gasteiger partial charge in [-0.2, -0.15) is 0 Å². The van der Waals surface area contributed by atoms with Gasteiger partial charge in [0.25, 0.3) is 0 Å². The highest BCUT2D eigenvalue weighted by Crippen LogP contribution is 1.99. The van der Waals surface area contributed by atoms with E-state index >= 15 is 0 Å². The Morgan fingerprint density at radius 2 is 1.45 bits per heavy atom. The van der Waals surface area contributed by atoms with E-state index in [1.165, 1.54) is 11.1 Å². The van der Waals surface area contributed by atoms with Gasteiger partial charge in [-0.1, -0.05) is 60.7 Å². The molecule has 104 valence electrons. The number of nitrogens with one attached hydrogen (secondary N) is 2. The predicted molar refractivity (Wildman–Crippen MR) is 84.8 cm³/mol. The zero-order chi connectivity index (χ0) is 14.0. The van der Waals surface area contributed by atoms with Crippen molar-refractivity contribution in [2.24, 2.45) is 4.99 Å². The topological polar surface area (TPSA) is 36.4 Å². The van der Waals surface area contributed by atoms with Gasteiger partial charge in [0.05, 0.1) is 0 Å². The van der Waals surface area contributed by atoms with Gasteiger partial charge < -0.3 is 10.6 Å². The lowest BCUT2D eigenvalue weighted by Gasteiger charge is -2.12. The van der Waals surface area contributed by atoms with Crippen molar-refractivity contribution >= 4 is 5.96 Å². The van der Waals surface area contributed by atoms with Crippen molar-refractivity contribution in [2.45, 2.75) is 13.0 Å². The first-order valence-corrected chi connectivity index (χ1v) is 6.91. The third-order valence-electron chi connectivity index (χ3n) is 3.08. The number of rotatable bonds is 5. The van der Waals surface area contributed by atoms with Crippen LogP contribution in [0.1, 0.15) is 11.1 Å². The molecule has 0 aliphatic rings. The summed E-state index contributed by atoms with van der Waals surface area (Å²) in [6, 6.07) is 20.8. The smallest absolute Gasteiger partial charge is 0.191 e. The normalized spacial score (nSPS) is 11.2. The van der Waals surface area contributed by atoms with Gasteiger partial charge in [0, 0.05) is 20.1 Å². The summed E-state index contributed by atoms with van der Waals surface area (Å²) in [5, 5.41) is 6.64. The molecule has 2 aromatic rings. The Labute approximate surface area is 120 Å². The molecule has 0 saturated heterocycles. The molecule has 2 aromatic carbocycles. The van der Waals surface area contributed by atoms with Crippen LogP contribution in [0.25, 0.3) is 0 Å². The van der Waals surface area contributed by atoms with Crippen molar-refractivity contribution in [2.75, 3.05) is 13.6 Å². The molecule has 0 aliphatic heterocycles. The van der Waals surface area contributed by atoms with E-state index in [1.54, 1.807) is 7.05 Å². The first-order valence-electron chi connectivity index (χ1n) is 6.91. The second-order valence-corrected chi connectivity index (χ2v) is 4.57. The fourth-order valence-electron chi connectivity index (χ4n) is 1.97. The highest BCUT2D eigenvalue weighted by atomic mass is 15.2. The molecule has 0 fully saturated rings. The van der Waals surface area contributed by atoms with Gasteiger partial charge in [0.1, 0.15) is 0 Å². The van der Waals surface area contributed by atoms with Crippen molar-refractivity contribution in [3.05, 3.63) is 71.8 Å². The van der Waals surface area contributed by atoms with Crippen LogP contribution in [0.5, 0.6) is 0 Å². The minimum Gasteiger partial charge on any atom is -0.356 e. The maximum absolute atomic E-state index is 4.23. The molecule has 2 rings (SSSR count). The molecule has 0 unspecified atom stereocenters. The van der Waals surface area contributed by atoms with Crippen molar-refractivity contribution < 1.29 is 0 Å². The second kappa shape index (κ2) is 8.00. The number of hydrogen-bond donors (Lipinski definition) is 2. The van der Waals surface area contributed by atoms with Gasteiger partial charge in [0.2, 0.25) is 0 Å². The Morgan fingerprint density at radius 3 is 2.05 bits per heavy atom. The van der Waals surface area contributed by atoms with Crippen molar-refractivity contribution in [1.29, 1.82) is 0 Å². The van der Waals surface area contributed by atoms with Gasteiger partial charge in [-0.05, 0) is 17.5 Å². The molecule has 0 aromatic heterocycles. The van der Waals surface area contributed by atoms with Crippen LogP contribution in [0.4, 0.5) is 0 Å². The lowest BCUT2D eigenvalue weighted by Crippen LogP contribution is -2.37. The highest BCUT2D eigenvalue weighted by molar-refractivity contribution is 5.79. The summed E-state index contributed by atoms with van der Waals surface area (Å²) in [4.78, 5) is 4.23. The molecular weight excluding hydrogens is 246 g/mol. The van der Waals surface area contributed by atoms with E-state index in [1.807, 2.05) is 24.3 Å². The van der Waals surface area contributed by atoms with Gasteiger partial charge in [-0.25, -0.2) is 0 Å². The van der Waals surface area contributed by atoms with Gasteiger partial charge in [0.15, 0.2) is 5.96 Å². The molecule has 0 heterocycles. The highest BCUT2D eigenvalue weighted by Gasteiger charge is 1.98. The van der Waals surface area contributed by atoms with Crippen LogP contribution in [0.3, 0.4) is 0 Å². The molecule has 20 heavy (non-hydrogen) atoms. The molecule has 0 radical (unpaired) electrons. The van der Waals surface area contributed by atoms with Gasteiger partial charge in [-0.3, -0.25) is 4.99 Å². The van der Waals surface area contributed by atoms with E-state index in [-0.39, 0.29) is 0 Å². The van der Waals surface area contributed by atoms with Crippen molar-refractivity contribution in [3.63, 3.8) is 0 Å². The van der Waals surface area contributed by atoms with E-state index in [2.05, 4.69) is 52.0 Å². The summed E-state index contributed by atoms with van der Waals surface area (Å²) in [6.45, 7) is 1.66. The Hall–Kier alpha value is -2.29. The third kappa shape index (κ3) is 4.76. The van der Waals surface area contributed by atoms with Crippen LogP contribution in [-0.2, 0) is 13.0 Å². The van der Waals surface area contributed by atoms with Crippen molar-refractivity contribution in [1.82, 2.24) is 10.6 Å². The summed E-state index contributed by atoms with van der Waals surface area (Å²) < 4.78 is 0. The minimum absolute atomic E-state index is 0.784. The number of guanidine groups is 1. The lowest BCUT2D eigenvalue weighted by molar-refractivity contribution is 0.794. The zero-order valence-electron chi connectivity index (χ0n) is 11.8. The number of nitrogens with zero attached hydrogens (tertiary/aromatic N) is 1. The van der Waals surface area contributed by atoms with Crippen LogP contribution in [-0.4, -0.2) is 19.6 Å². The molecule has 0 spiro atoms. The molecule has 0 bridgehead atoms. The zero-order valence-corrected chi connectivity index (χ0v) is 11.8. The second-order valence-electron chi connectivity index (χ2n) is 4.57. The van der Waals surface area contributed by atoms with E-state index in [4.69, 9.17) is 0 Å². The predicted octanol–water partition coefficient (Wildman–Crippen LogP) is 2.59. The average Bonchev–Trinajstić information content (AvgIpc) is 2.52. The standard InChI is InChI=1S/C17H21N3/c1-18-17(20-14-16-10-6-3-7-11-16)19-13-12-15-8-4-2-5-9-15/h2-11H,12-14H2,1H3,(H2,18,19,20). The van der Waals surface area contributed by atoms with Crippen LogP contribution in [0.15, 0.2) is 65.7 Å². The fraction of sp³-hybridized carbons (Fsp3) is 0.235. The summed E-state index contributed by atoms with van der Waals surface area (Å²) in [5.74, 6) is 0.838. The number of hydrogen-bond acceptors (Lipinski definition) is 1.